The number of aromatic nitrogens is 4. The lowest BCUT2D eigenvalue weighted by Crippen LogP contribution is -2.17. The van der Waals surface area contributed by atoms with Crippen molar-refractivity contribution in [2.24, 2.45) is 0 Å². The maximum absolute atomic E-state index is 13.7. The van der Waals surface area contributed by atoms with Crippen LogP contribution in [0.25, 0.3) is 17.0 Å². The van der Waals surface area contributed by atoms with Gasteiger partial charge in [-0.05, 0) is 42.5 Å². The molecule has 1 N–H and O–H groups in total. The van der Waals surface area contributed by atoms with Crippen molar-refractivity contribution in [3.63, 3.8) is 0 Å². The molecule has 1 aliphatic heterocycles. The summed E-state index contributed by atoms with van der Waals surface area (Å²) in [4.78, 5) is 20.6. The molecule has 0 fully saturated rings. The van der Waals surface area contributed by atoms with Crippen LogP contribution < -0.4 is 14.8 Å². The van der Waals surface area contributed by atoms with Gasteiger partial charge in [0.15, 0.2) is 17.2 Å². The molecule has 1 aliphatic rings. The van der Waals surface area contributed by atoms with Crippen LogP contribution >= 0.6 is 0 Å². The van der Waals surface area contributed by atoms with E-state index in [1.807, 2.05) is 0 Å². The van der Waals surface area contributed by atoms with Crippen molar-refractivity contribution < 1.29 is 31.8 Å². The molecule has 3 heterocycles. The molecule has 8 nitrogen and oxygen atoms in total. The number of anilines is 1. The van der Waals surface area contributed by atoms with Gasteiger partial charge in [-0.3, -0.25) is 4.79 Å². The second kappa shape index (κ2) is 7.73. The molecule has 0 unspecified atom stereocenters. The lowest BCUT2D eigenvalue weighted by molar-refractivity contribution is -0.142. The number of fused-ring (bicyclic) bond motifs is 2. The number of alkyl halides is 3. The fourth-order valence-electron chi connectivity index (χ4n) is 3.24. The fraction of sp³-hybridized carbons (Fsp3) is 0.143. The van der Waals surface area contributed by atoms with Crippen LogP contribution in [0.5, 0.6) is 11.5 Å². The molecule has 1 amide bonds. The Morgan fingerprint density at radius 3 is 2.42 bits per heavy atom. The number of hydrogen-bond acceptors (Lipinski definition) is 6. The van der Waals surface area contributed by atoms with E-state index >= 15 is 0 Å². The summed E-state index contributed by atoms with van der Waals surface area (Å²) in [6.45, 7) is 0.749. The van der Waals surface area contributed by atoms with Crippen LogP contribution in [-0.4, -0.2) is 38.7 Å². The Hall–Kier alpha value is -4.22. The zero-order valence-corrected chi connectivity index (χ0v) is 16.6. The summed E-state index contributed by atoms with van der Waals surface area (Å²) in [5.41, 5.74) is -0.715. The summed E-state index contributed by atoms with van der Waals surface area (Å²) in [7, 11) is 0. The standard InChI is InChI=1S/C21H13F4N5O3/c22-12-3-1-11(2-4-12)14-10-17(21(23,24)25)30-20(27-14)28-18(29-30)19(31)26-13-5-6-15-16(9-13)33-8-7-32-15/h1-6,9-10H,7-8H2,(H,26,31). The first-order valence-corrected chi connectivity index (χ1v) is 9.60. The van der Waals surface area contributed by atoms with Gasteiger partial charge in [-0.15, -0.1) is 5.10 Å². The summed E-state index contributed by atoms with van der Waals surface area (Å²) in [6.07, 6.45) is -4.81. The van der Waals surface area contributed by atoms with E-state index in [0.717, 1.165) is 18.2 Å². The van der Waals surface area contributed by atoms with Gasteiger partial charge in [0.05, 0.1) is 5.69 Å². The predicted octanol–water partition coefficient (Wildman–Crippen LogP) is 3.97. The monoisotopic (exact) mass is 459 g/mol. The minimum atomic E-state index is -4.81. The number of nitrogens with one attached hydrogen (secondary N) is 1. The normalized spacial score (nSPS) is 13.2. The molecule has 2 aromatic carbocycles. The molecule has 0 aliphatic carbocycles. The lowest BCUT2D eigenvalue weighted by Gasteiger charge is -2.18. The number of rotatable bonds is 3. The third kappa shape index (κ3) is 4.02. The second-order valence-corrected chi connectivity index (χ2v) is 6.99. The number of benzene rings is 2. The zero-order valence-electron chi connectivity index (χ0n) is 16.6. The lowest BCUT2D eigenvalue weighted by atomic mass is 10.1. The van der Waals surface area contributed by atoms with Gasteiger partial charge in [0, 0.05) is 17.3 Å². The number of halogens is 4. The first-order valence-electron chi connectivity index (χ1n) is 9.60. The van der Waals surface area contributed by atoms with Gasteiger partial charge in [-0.2, -0.15) is 22.7 Å². The summed E-state index contributed by atoms with van der Waals surface area (Å²) >= 11 is 0. The molecule has 0 bridgehead atoms. The summed E-state index contributed by atoms with van der Waals surface area (Å²) in [5, 5.41) is 6.22. The average Bonchev–Trinajstić information content (AvgIpc) is 3.22. The summed E-state index contributed by atoms with van der Waals surface area (Å²) in [5.74, 6) is -1.40. The topological polar surface area (TPSA) is 90.6 Å². The van der Waals surface area contributed by atoms with Crippen molar-refractivity contribution in [3.05, 3.63) is 65.9 Å². The molecule has 168 valence electrons. The van der Waals surface area contributed by atoms with Crippen molar-refractivity contribution in [2.75, 3.05) is 18.5 Å². The van der Waals surface area contributed by atoms with Gasteiger partial charge >= 0.3 is 6.18 Å². The molecule has 5 rings (SSSR count). The van der Waals surface area contributed by atoms with Crippen LogP contribution in [0.1, 0.15) is 16.3 Å². The number of nitrogens with zero attached hydrogens (tertiary/aromatic N) is 4. The first kappa shape index (κ1) is 20.7. The van der Waals surface area contributed by atoms with Gasteiger partial charge < -0.3 is 14.8 Å². The van der Waals surface area contributed by atoms with Gasteiger partial charge in [-0.1, -0.05) is 0 Å². The van der Waals surface area contributed by atoms with Crippen LogP contribution in [0, 0.1) is 5.82 Å². The van der Waals surface area contributed by atoms with Crippen LogP contribution in [0.3, 0.4) is 0 Å². The molecular weight excluding hydrogens is 446 g/mol. The highest BCUT2D eigenvalue weighted by atomic mass is 19.4. The van der Waals surface area contributed by atoms with Crippen LogP contribution in [0.15, 0.2) is 48.5 Å². The fourth-order valence-corrected chi connectivity index (χ4v) is 3.24. The van der Waals surface area contributed by atoms with E-state index in [4.69, 9.17) is 9.47 Å². The molecule has 33 heavy (non-hydrogen) atoms. The van der Waals surface area contributed by atoms with Gasteiger partial charge in [-0.25, -0.2) is 9.37 Å². The third-order valence-electron chi connectivity index (χ3n) is 4.75. The number of carbonyl (C=O) groups excluding carboxylic acids is 1. The zero-order chi connectivity index (χ0) is 23.2. The minimum Gasteiger partial charge on any atom is -0.486 e. The highest BCUT2D eigenvalue weighted by Gasteiger charge is 2.36. The Labute approximate surface area is 182 Å². The van der Waals surface area contributed by atoms with E-state index < -0.39 is 35.2 Å². The molecule has 0 spiro atoms. The predicted molar refractivity (Wildman–Crippen MR) is 107 cm³/mol. The number of ether oxygens (including phenoxy) is 2. The number of carbonyl (C=O) groups is 1. The maximum atomic E-state index is 13.7. The highest BCUT2D eigenvalue weighted by molar-refractivity contribution is 6.02. The smallest absolute Gasteiger partial charge is 0.433 e. The Kier molecular flexibility index (Phi) is 4.84. The molecule has 0 saturated carbocycles. The average molecular weight is 459 g/mol. The van der Waals surface area contributed by atoms with E-state index in [-0.39, 0.29) is 11.3 Å². The Morgan fingerprint density at radius 1 is 0.970 bits per heavy atom. The van der Waals surface area contributed by atoms with Crippen molar-refractivity contribution in [2.45, 2.75) is 6.18 Å². The summed E-state index contributed by atoms with van der Waals surface area (Å²) < 4.78 is 65.6. The molecule has 0 atom stereocenters. The first-order chi connectivity index (χ1) is 15.8. The Bertz CT molecular complexity index is 1370. The Balaban J connectivity index is 1.51. The van der Waals surface area contributed by atoms with E-state index in [2.05, 4.69) is 20.4 Å². The molecule has 4 aromatic rings. The highest BCUT2D eigenvalue weighted by Crippen LogP contribution is 2.33. The van der Waals surface area contributed by atoms with Crippen molar-refractivity contribution in [1.82, 2.24) is 19.6 Å². The SMILES string of the molecule is O=C(Nc1ccc2c(c1)OCCO2)c1nc2nc(-c3ccc(F)cc3)cc(C(F)(F)F)n2n1. The van der Waals surface area contributed by atoms with E-state index in [1.165, 1.54) is 18.2 Å². The third-order valence-corrected chi connectivity index (χ3v) is 4.75. The van der Waals surface area contributed by atoms with Crippen LogP contribution in [0.4, 0.5) is 23.2 Å². The minimum absolute atomic E-state index is 0.0963. The molecular formula is C21H13F4N5O3. The van der Waals surface area contributed by atoms with Crippen LogP contribution in [-0.2, 0) is 6.18 Å². The van der Waals surface area contributed by atoms with Crippen molar-refractivity contribution in [1.29, 1.82) is 0 Å². The molecule has 0 radical (unpaired) electrons. The van der Waals surface area contributed by atoms with Gasteiger partial charge in [0.1, 0.15) is 19.0 Å². The maximum Gasteiger partial charge on any atom is 0.433 e. The van der Waals surface area contributed by atoms with Gasteiger partial charge in [0.2, 0.25) is 5.82 Å². The largest absolute Gasteiger partial charge is 0.486 e. The molecule has 2 aromatic heterocycles. The van der Waals surface area contributed by atoms with E-state index in [0.29, 0.717) is 34.9 Å². The second-order valence-electron chi connectivity index (χ2n) is 6.99. The molecule has 0 saturated heterocycles. The van der Waals surface area contributed by atoms with Gasteiger partial charge in [0.25, 0.3) is 11.7 Å². The summed E-state index contributed by atoms with van der Waals surface area (Å²) in [6, 6.07) is 10.2. The van der Waals surface area contributed by atoms with Crippen molar-refractivity contribution in [3.8, 4) is 22.8 Å². The van der Waals surface area contributed by atoms with Crippen molar-refractivity contribution >= 4 is 17.4 Å². The number of amides is 1. The number of hydrogen-bond donors (Lipinski definition) is 1. The van der Waals surface area contributed by atoms with E-state index in [1.54, 1.807) is 12.1 Å². The molecule has 12 heteroatoms. The quantitative estimate of drug-likeness (QED) is 0.467. The Morgan fingerprint density at radius 2 is 1.70 bits per heavy atom. The van der Waals surface area contributed by atoms with E-state index in [9.17, 15) is 22.4 Å². The van der Waals surface area contributed by atoms with Crippen LogP contribution in [0.2, 0.25) is 0 Å².